The average molecular weight is 386 g/mol. The van der Waals surface area contributed by atoms with Gasteiger partial charge in [-0.1, -0.05) is 11.6 Å². The molecule has 2 N–H and O–H groups in total. The Morgan fingerprint density at radius 2 is 2.04 bits per heavy atom. The molecule has 2 bridgehead atoms. The van der Waals surface area contributed by atoms with Crippen molar-refractivity contribution in [3.05, 3.63) is 35.1 Å². The molecule has 8 heteroatoms. The Hall–Kier alpha value is -2.56. The van der Waals surface area contributed by atoms with Crippen molar-refractivity contribution in [1.82, 2.24) is 15.3 Å². The van der Waals surface area contributed by atoms with Crippen LogP contribution in [-0.4, -0.2) is 35.3 Å². The highest BCUT2D eigenvalue weighted by Crippen LogP contribution is 2.37. The lowest BCUT2D eigenvalue weighted by molar-refractivity contribution is 0.127. The molecule has 0 spiro atoms. The number of halogens is 1. The van der Waals surface area contributed by atoms with E-state index in [0.717, 1.165) is 12.8 Å². The molecule has 3 atom stereocenters. The number of anilines is 2. The van der Waals surface area contributed by atoms with Crippen molar-refractivity contribution in [2.45, 2.75) is 43.9 Å². The third-order valence-corrected chi connectivity index (χ3v) is 5.35. The predicted molar refractivity (Wildman–Crippen MR) is 102 cm³/mol. The number of fused-ring (bicyclic) bond motifs is 2. The number of benzene rings is 1. The average Bonchev–Trinajstić information content (AvgIpc) is 3.02. The summed E-state index contributed by atoms with van der Waals surface area (Å²) in [4.78, 5) is 8.53. The van der Waals surface area contributed by atoms with Crippen LogP contribution >= 0.6 is 11.6 Å². The first-order valence-corrected chi connectivity index (χ1v) is 9.32. The molecule has 3 heterocycles. The summed E-state index contributed by atoms with van der Waals surface area (Å²) in [5.74, 6) is 1.32. The number of nitrogens with one attached hydrogen (secondary N) is 2. The SMILES string of the molecule is COc1c(Nc2ccc(C#N)cc2Cl)ncnc1OC1CC2CC[C@@H](C1)N2. The zero-order valence-electron chi connectivity index (χ0n) is 14.9. The standard InChI is InChI=1S/C19H20ClN5O2/c1-26-17-18(25-16-5-2-11(9-21)6-15(16)20)22-10-23-19(17)27-14-7-12-3-4-13(8-14)24-12/h2,5-6,10,12-14,24H,3-4,7-8H2,1H3,(H,22,23,25)/t12-,13?,14?/m0/s1. The largest absolute Gasteiger partial charge is 0.489 e. The topological polar surface area (TPSA) is 92.1 Å². The third kappa shape index (κ3) is 3.77. The van der Waals surface area contributed by atoms with Crippen LogP contribution in [0.3, 0.4) is 0 Å². The first kappa shape index (κ1) is 17.8. The lowest BCUT2D eigenvalue weighted by Crippen LogP contribution is -2.42. The van der Waals surface area contributed by atoms with Gasteiger partial charge >= 0.3 is 0 Å². The molecule has 140 valence electrons. The Labute approximate surface area is 162 Å². The van der Waals surface area contributed by atoms with Gasteiger partial charge in [0.25, 0.3) is 5.88 Å². The van der Waals surface area contributed by atoms with Crippen LogP contribution in [0.25, 0.3) is 0 Å². The maximum Gasteiger partial charge on any atom is 0.262 e. The summed E-state index contributed by atoms with van der Waals surface area (Å²) in [6.07, 6.45) is 5.89. The molecule has 1 aromatic heterocycles. The Morgan fingerprint density at radius 3 is 2.70 bits per heavy atom. The minimum atomic E-state index is 0.110. The highest BCUT2D eigenvalue weighted by molar-refractivity contribution is 6.33. The first-order valence-electron chi connectivity index (χ1n) is 8.94. The van der Waals surface area contributed by atoms with Gasteiger partial charge in [-0.25, -0.2) is 4.98 Å². The smallest absolute Gasteiger partial charge is 0.262 e. The summed E-state index contributed by atoms with van der Waals surface area (Å²) in [7, 11) is 1.56. The van der Waals surface area contributed by atoms with Gasteiger partial charge in [-0.15, -0.1) is 0 Å². The van der Waals surface area contributed by atoms with Gasteiger partial charge in [0, 0.05) is 12.1 Å². The second kappa shape index (κ2) is 7.59. The molecule has 2 fully saturated rings. The van der Waals surface area contributed by atoms with Crippen LogP contribution in [0, 0.1) is 11.3 Å². The van der Waals surface area contributed by atoms with E-state index in [1.165, 1.54) is 19.2 Å². The fourth-order valence-electron chi connectivity index (χ4n) is 3.79. The van der Waals surface area contributed by atoms with E-state index in [0.29, 0.717) is 45.8 Å². The van der Waals surface area contributed by atoms with Crippen molar-refractivity contribution >= 4 is 23.1 Å². The van der Waals surface area contributed by atoms with Crippen molar-refractivity contribution < 1.29 is 9.47 Å². The van der Waals surface area contributed by atoms with Crippen LogP contribution in [0.2, 0.25) is 5.02 Å². The van der Waals surface area contributed by atoms with Crippen LogP contribution in [0.4, 0.5) is 11.5 Å². The summed E-state index contributed by atoms with van der Waals surface area (Å²) in [5.41, 5.74) is 1.11. The van der Waals surface area contributed by atoms with Crippen molar-refractivity contribution in [3.63, 3.8) is 0 Å². The number of aromatic nitrogens is 2. The summed E-state index contributed by atoms with van der Waals surface area (Å²) < 4.78 is 11.7. The lowest BCUT2D eigenvalue weighted by atomic mass is 10.0. The van der Waals surface area contributed by atoms with Gasteiger partial charge < -0.3 is 20.1 Å². The van der Waals surface area contributed by atoms with Gasteiger partial charge in [-0.05, 0) is 43.9 Å². The highest BCUT2D eigenvalue weighted by atomic mass is 35.5. The predicted octanol–water partition coefficient (Wildman–Crippen LogP) is 3.42. The number of nitrogens with zero attached hydrogens (tertiary/aromatic N) is 3. The molecule has 7 nitrogen and oxygen atoms in total. The van der Waals surface area contributed by atoms with Crippen molar-refractivity contribution in [1.29, 1.82) is 5.26 Å². The number of methoxy groups -OCH3 is 1. The normalized spacial score (nSPS) is 23.5. The quantitative estimate of drug-likeness (QED) is 0.814. The Kier molecular flexibility index (Phi) is 5.01. The number of ether oxygens (including phenoxy) is 2. The molecule has 2 aliphatic rings. The summed E-state index contributed by atoms with van der Waals surface area (Å²) >= 11 is 6.25. The number of rotatable bonds is 5. The zero-order chi connectivity index (χ0) is 18.8. The molecule has 2 unspecified atom stereocenters. The van der Waals surface area contributed by atoms with E-state index < -0.39 is 0 Å². The van der Waals surface area contributed by atoms with Gasteiger partial charge in [0.1, 0.15) is 12.4 Å². The van der Waals surface area contributed by atoms with E-state index >= 15 is 0 Å². The highest BCUT2D eigenvalue weighted by Gasteiger charge is 2.35. The summed E-state index contributed by atoms with van der Waals surface area (Å²) in [5, 5.41) is 16.1. The second-order valence-electron chi connectivity index (χ2n) is 6.84. The van der Waals surface area contributed by atoms with Crippen LogP contribution in [0.15, 0.2) is 24.5 Å². The molecule has 4 rings (SSSR count). The van der Waals surface area contributed by atoms with Crippen molar-refractivity contribution in [3.8, 4) is 17.7 Å². The fourth-order valence-corrected chi connectivity index (χ4v) is 4.02. The van der Waals surface area contributed by atoms with E-state index in [2.05, 4.69) is 26.7 Å². The number of hydrogen-bond donors (Lipinski definition) is 2. The molecule has 0 amide bonds. The van der Waals surface area contributed by atoms with Gasteiger partial charge in [0.15, 0.2) is 5.82 Å². The van der Waals surface area contributed by atoms with E-state index in [9.17, 15) is 0 Å². The van der Waals surface area contributed by atoms with E-state index in [1.54, 1.807) is 25.3 Å². The molecule has 0 aliphatic carbocycles. The Morgan fingerprint density at radius 1 is 1.26 bits per heavy atom. The Bertz CT molecular complexity index is 873. The molecule has 2 aliphatic heterocycles. The number of piperidine rings is 1. The molecular weight excluding hydrogens is 366 g/mol. The summed E-state index contributed by atoms with van der Waals surface area (Å²) in [6, 6.07) is 8.12. The zero-order valence-corrected chi connectivity index (χ0v) is 15.7. The number of hydrogen-bond acceptors (Lipinski definition) is 7. The van der Waals surface area contributed by atoms with Gasteiger partial charge in [0.2, 0.25) is 5.75 Å². The first-order chi connectivity index (χ1) is 13.2. The van der Waals surface area contributed by atoms with Crippen LogP contribution in [-0.2, 0) is 0 Å². The van der Waals surface area contributed by atoms with Crippen LogP contribution in [0.1, 0.15) is 31.2 Å². The van der Waals surface area contributed by atoms with Crippen molar-refractivity contribution in [2.75, 3.05) is 12.4 Å². The van der Waals surface area contributed by atoms with E-state index in [-0.39, 0.29) is 6.10 Å². The monoisotopic (exact) mass is 385 g/mol. The maximum absolute atomic E-state index is 8.97. The lowest BCUT2D eigenvalue weighted by Gasteiger charge is -2.29. The molecule has 27 heavy (non-hydrogen) atoms. The minimum Gasteiger partial charge on any atom is -0.489 e. The number of nitriles is 1. The Balaban J connectivity index is 1.55. The van der Waals surface area contributed by atoms with E-state index in [4.69, 9.17) is 26.3 Å². The van der Waals surface area contributed by atoms with Gasteiger partial charge in [-0.2, -0.15) is 10.2 Å². The maximum atomic E-state index is 8.97. The molecule has 2 aromatic rings. The fraction of sp³-hybridized carbons (Fsp3) is 0.421. The molecular formula is C19H20ClN5O2. The molecule has 0 radical (unpaired) electrons. The van der Waals surface area contributed by atoms with Crippen LogP contribution < -0.4 is 20.1 Å². The van der Waals surface area contributed by atoms with Crippen molar-refractivity contribution in [2.24, 2.45) is 0 Å². The molecule has 0 saturated carbocycles. The summed E-state index contributed by atoms with van der Waals surface area (Å²) in [6.45, 7) is 0. The molecule has 1 aromatic carbocycles. The second-order valence-corrected chi connectivity index (χ2v) is 7.25. The van der Waals surface area contributed by atoms with Crippen LogP contribution in [0.5, 0.6) is 11.6 Å². The van der Waals surface area contributed by atoms with E-state index in [1.807, 2.05) is 0 Å². The van der Waals surface area contributed by atoms with Gasteiger partial charge in [0.05, 0.1) is 29.5 Å². The minimum absolute atomic E-state index is 0.110. The third-order valence-electron chi connectivity index (χ3n) is 5.03. The molecule has 2 saturated heterocycles. The van der Waals surface area contributed by atoms with Gasteiger partial charge in [-0.3, -0.25) is 0 Å².